The molecule has 1 N–H and O–H groups in total. The highest BCUT2D eigenvalue weighted by Gasteiger charge is 2.21. The summed E-state index contributed by atoms with van der Waals surface area (Å²) in [5.41, 5.74) is -0.905. The van der Waals surface area contributed by atoms with E-state index in [4.69, 9.17) is 0 Å². The van der Waals surface area contributed by atoms with E-state index in [-0.39, 0.29) is 23.8 Å². The van der Waals surface area contributed by atoms with Crippen LogP contribution in [0.25, 0.3) is 0 Å². The summed E-state index contributed by atoms with van der Waals surface area (Å²) in [5, 5.41) is 13.0. The lowest BCUT2D eigenvalue weighted by atomic mass is 10.1. The first-order chi connectivity index (χ1) is 8.82. The predicted octanol–water partition coefficient (Wildman–Crippen LogP) is 1.69. The van der Waals surface area contributed by atoms with E-state index in [2.05, 4.69) is 5.32 Å². The first-order valence-corrected chi connectivity index (χ1v) is 5.57. The summed E-state index contributed by atoms with van der Waals surface area (Å²) in [4.78, 5) is 32.9. The lowest BCUT2D eigenvalue weighted by Gasteiger charge is -2.07. The third-order valence-corrected chi connectivity index (χ3v) is 2.47. The minimum atomic E-state index is -0.845. The Morgan fingerprint density at radius 1 is 1.42 bits per heavy atom. The van der Waals surface area contributed by atoms with Crippen LogP contribution in [-0.2, 0) is 4.79 Å². The summed E-state index contributed by atoms with van der Waals surface area (Å²) in [5.74, 6) is -2.02. The quantitative estimate of drug-likeness (QED) is 0.650. The van der Waals surface area contributed by atoms with Crippen LogP contribution in [0.1, 0.15) is 24.2 Å². The van der Waals surface area contributed by atoms with Crippen LogP contribution in [0.5, 0.6) is 0 Å². The van der Waals surface area contributed by atoms with Crippen LogP contribution >= 0.6 is 0 Å². The number of nitrogens with one attached hydrogen (secondary N) is 1. The maximum absolute atomic E-state index is 12.9. The van der Waals surface area contributed by atoms with Gasteiger partial charge in [0.25, 0.3) is 11.6 Å². The maximum atomic E-state index is 12.9. The molecule has 0 unspecified atom stereocenters. The molecule has 0 bridgehead atoms. The standard InChI is InChI=1S/C12H13FN2O4/c1-7(2)11(16)6-14-12(17)9-4-3-8(13)5-10(9)15(18)19/h3-5,7H,6H2,1-2H3,(H,14,17). The van der Waals surface area contributed by atoms with Gasteiger partial charge in [-0.1, -0.05) is 13.8 Å². The molecule has 1 aromatic carbocycles. The normalized spacial score (nSPS) is 10.3. The average molecular weight is 268 g/mol. The Morgan fingerprint density at radius 3 is 2.58 bits per heavy atom. The number of hydrogen-bond donors (Lipinski definition) is 1. The van der Waals surface area contributed by atoms with Crippen LogP contribution in [0.15, 0.2) is 18.2 Å². The highest BCUT2D eigenvalue weighted by Crippen LogP contribution is 2.19. The van der Waals surface area contributed by atoms with Crippen LogP contribution < -0.4 is 5.32 Å². The van der Waals surface area contributed by atoms with Crippen LogP contribution in [0.2, 0.25) is 0 Å². The van der Waals surface area contributed by atoms with Crippen molar-refractivity contribution in [2.75, 3.05) is 6.54 Å². The smallest absolute Gasteiger partial charge is 0.285 e. The third-order valence-electron chi connectivity index (χ3n) is 2.47. The molecule has 0 aliphatic carbocycles. The zero-order valence-electron chi connectivity index (χ0n) is 10.5. The SMILES string of the molecule is CC(C)C(=O)CNC(=O)c1ccc(F)cc1[N+](=O)[O-]. The number of nitro benzene ring substituents is 1. The average Bonchev–Trinajstić information content (AvgIpc) is 2.35. The van der Waals surface area contributed by atoms with Gasteiger partial charge in [0.2, 0.25) is 0 Å². The minimum absolute atomic E-state index is 0.196. The van der Waals surface area contributed by atoms with E-state index in [9.17, 15) is 24.1 Å². The van der Waals surface area contributed by atoms with E-state index in [1.54, 1.807) is 13.8 Å². The molecule has 0 spiro atoms. The number of carbonyl (C=O) groups is 2. The molecule has 0 aromatic heterocycles. The number of ketones is 1. The van der Waals surface area contributed by atoms with Crippen molar-refractivity contribution in [3.8, 4) is 0 Å². The van der Waals surface area contributed by atoms with Gasteiger partial charge >= 0.3 is 0 Å². The molecule has 1 aromatic rings. The van der Waals surface area contributed by atoms with Crippen molar-refractivity contribution in [1.82, 2.24) is 5.32 Å². The second kappa shape index (κ2) is 6.03. The van der Waals surface area contributed by atoms with E-state index < -0.39 is 22.3 Å². The van der Waals surface area contributed by atoms with Gasteiger partial charge in [0.05, 0.1) is 17.5 Å². The number of Topliss-reactive ketones (excluding diaryl/α,β-unsaturated/α-hetero) is 1. The summed E-state index contributed by atoms with van der Waals surface area (Å²) >= 11 is 0. The lowest BCUT2D eigenvalue weighted by Crippen LogP contribution is -2.31. The minimum Gasteiger partial charge on any atom is -0.345 e. The number of benzene rings is 1. The molecule has 0 fully saturated rings. The second-order valence-corrected chi connectivity index (χ2v) is 4.22. The molecular weight excluding hydrogens is 255 g/mol. The summed E-state index contributed by atoms with van der Waals surface area (Å²) in [7, 11) is 0. The van der Waals surface area contributed by atoms with Crippen molar-refractivity contribution < 1.29 is 18.9 Å². The van der Waals surface area contributed by atoms with Crippen LogP contribution in [0.3, 0.4) is 0 Å². The molecule has 0 saturated heterocycles. The van der Waals surface area contributed by atoms with Crippen molar-refractivity contribution in [2.24, 2.45) is 5.92 Å². The first kappa shape index (κ1) is 14.7. The Balaban J connectivity index is 2.88. The number of carbonyl (C=O) groups excluding carboxylic acids is 2. The van der Waals surface area contributed by atoms with Crippen molar-refractivity contribution in [2.45, 2.75) is 13.8 Å². The Morgan fingerprint density at radius 2 is 2.05 bits per heavy atom. The van der Waals surface area contributed by atoms with Crippen LogP contribution in [-0.4, -0.2) is 23.2 Å². The van der Waals surface area contributed by atoms with Gasteiger partial charge in [-0.3, -0.25) is 19.7 Å². The summed E-state index contributed by atoms with van der Waals surface area (Å²) in [6.45, 7) is 3.13. The van der Waals surface area contributed by atoms with Gasteiger partial charge in [0.15, 0.2) is 5.78 Å². The molecule has 6 nitrogen and oxygen atoms in total. The van der Waals surface area contributed by atoms with E-state index >= 15 is 0 Å². The number of amides is 1. The van der Waals surface area contributed by atoms with Gasteiger partial charge in [-0.25, -0.2) is 4.39 Å². The second-order valence-electron chi connectivity index (χ2n) is 4.22. The number of nitro groups is 1. The fourth-order valence-corrected chi connectivity index (χ4v) is 1.31. The van der Waals surface area contributed by atoms with Crippen LogP contribution in [0, 0.1) is 21.8 Å². The molecular formula is C12H13FN2O4. The highest BCUT2D eigenvalue weighted by atomic mass is 19.1. The van der Waals surface area contributed by atoms with E-state index in [1.165, 1.54) is 0 Å². The molecule has 0 atom stereocenters. The molecule has 0 aliphatic rings. The first-order valence-electron chi connectivity index (χ1n) is 5.57. The number of hydrogen-bond acceptors (Lipinski definition) is 4. The van der Waals surface area contributed by atoms with Gasteiger partial charge in [0, 0.05) is 5.92 Å². The van der Waals surface area contributed by atoms with E-state index in [0.29, 0.717) is 6.07 Å². The largest absolute Gasteiger partial charge is 0.345 e. The van der Waals surface area contributed by atoms with Crippen molar-refractivity contribution in [1.29, 1.82) is 0 Å². The Kier molecular flexibility index (Phi) is 4.68. The molecule has 1 amide bonds. The predicted molar refractivity (Wildman–Crippen MR) is 65.2 cm³/mol. The van der Waals surface area contributed by atoms with Gasteiger partial charge in [-0.2, -0.15) is 0 Å². The lowest BCUT2D eigenvalue weighted by molar-refractivity contribution is -0.385. The van der Waals surface area contributed by atoms with E-state index in [0.717, 1.165) is 12.1 Å². The van der Waals surface area contributed by atoms with Gasteiger partial charge in [-0.15, -0.1) is 0 Å². The van der Waals surface area contributed by atoms with Crippen molar-refractivity contribution in [3.05, 3.63) is 39.7 Å². The summed E-state index contributed by atoms with van der Waals surface area (Å²) in [6, 6.07) is 2.63. The molecule has 19 heavy (non-hydrogen) atoms. The van der Waals surface area contributed by atoms with Crippen molar-refractivity contribution >= 4 is 17.4 Å². The number of nitrogens with zero attached hydrogens (tertiary/aromatic N) is 1. The van der Waals surface area contributed by atoms with Gasteiger partial charge in [-0.05, 0) is 12.1 Å². The number of rotatable bonds is 5. The molecule has 102 valence electrons. The van der Waals surface area contributed by atoms with Crippen LogP contribution in [0.4, 0.5) is 10.1 Å². The molecule has 0 aliphatic heterocycles. The topological polar surface area (TPSA) is 89.3 Å². The van der Waals surface area contributed by atoms with E-state index in [1.807, 2.05) is 0 Å². The Bertz CT molecular complexity index is 528. The third kappa shape index (κ3) is 3.84. The van der Waals surface area contributed by atoms with Gasteiger partial charge < -0.3 is 5.32 Å². The molecule has 7 heteroatoms. The Hall–Kier alpha value is -2.31. The fourth-order valence-electron chi connectivity index (χ4n) is 1.31. The molecule has 0 radical (unpaired) electrons. The fraction of sp³-hybridized carbons (Fsp3) is 0.333. The summed E-state index contributed by atoms with van der Waals surface area (Å²) < 4.78 is 12.9. The highest BCUT2D eigenvalue weighted by molar-refractivity contribution is 6.00. The maximum Gasteiger partial charge on any atom is 0.285 e. The number of halogens is 1. The molecule has 1 rings (SSSR count). The van der Waals surface area contributed by atoms with Gasteiger partial charge in [0.1, 0.15) is 11.4 Å². The zero-order chi connectivity index (χ0) is 14.6. The van der Waals surface area contributed by atoms with Crippen molar-refractivity contribution in [3.63, 3.8) is 0 Å². The summed E-state index contributed by atoms with van der Waals surface area (Å²) in [6.07, 6.45) is 0. The molecule has 0 saturated carbocycles. The monoisotopic (exact) mass is 268 g/mol. The molecule has 0 heterocycles. The zero-order valence-corrected chi connectivity index (χ0v) is 10.5. The Labute approximate surface area is 108 Å².